The van der Waals surface area contributed by atoms with Crippen molar-refractivity contribution in [2.75, 3.05) is 39.0 Å². The van der Waals surface area contributed by atoms with E-state index in [-0.39, 0.29) is 6.79 Å². The molecule has 1 aliphatic heterocycles. The molecule has 0 amide bonds. The van der Waals surface area contributed by atoms with Gasteiger partial charge in [0.05, 0.1) is 25.1 Å². The Bertz CT molecular complexity index is 378. The van der Waals surface area contributed by atoms with E-state index < -0.39 is 0 Å². The van der Waals surface area contributed by atoms with Crippen molar-refractivity contribution in [1.29, 1.82) is 0 Å². The van der Waals surface area contributed by atoms with E-state index in [1.165, 1.54) is 12.8 Å². The van der Waals surface area contributed by atoms with E-state index in [0.29, 0.717) is 12.5 Å². The molecular formula is C13H20N2O3. The SMILES string of the molecule is COCOCc1nc(OC)ccc1N1CCCC1. The number of hydrogen-bond donors (Lipinski definition) is 0. The molecule has 1 aromatic rings. The van der Waals surface area contributed by atoms with Crippen molar-refractivity contribution in [3.05, 3.63) is 17.8 Å². The fraction of sp³-hybridized carbons (Fsp3) is 0.615. The summed E-state index contributed by atoms with van der Waals surface area (Å²) in [6.45, 7) is 2.89. The van der Waals surface area contributed by atoms with Gasteiger partial charge in [-0.1, -0.05) is 0 Å². The number of pyridine rings is 1. The van der Waals surface area contributed by atoms with Crippen LogP contribution in [0, 0.1) is 0 Å². The summed E-state index contributed by atoms with van der Waals surface area (Å²) < 4.78 is 15.5. The minimum atomic E-state index is 0.276. The molecule has 0 atom stereocenters. The molecule has 0 unspecified atom stereocenters. The van der Waals surface area contributed by atoms with E-state index in [0.717, 1.165) is 24.5 Å². The summed E-state index contributed by atoms with van der Waals surface area (Å²) in [5, 5.41) is 0. The molecule has 5 heteroatoms. The summed E-state index contributed by atoms with van der Waals surface area (Å²) in [4.78, 5) is 6.81. The van der Waals surface area contributed by atoms with E-state index in [9.17, 15) is 0 Å². The Morgan fingerprint density at radius 3 is 2.67 bits per heavy atom. The first-order valence-electron chi connectivity index (χ1n) is 6.20. The summed E-state index contributed by atoms with van der Waals surface area (Å²) >= 11 is 0. The number of ether oxygens (including phenoxy) is 3. The first-order valence-corrected chi connectivity index (χ1v) is 6.20. The van der Waals surface area contributed by atoms with Crippen LogP contribution in [0.2, 0.25) is 0 Å². The van der Waals surface area contributed by atoms with Crippen LogP contribution in [0.4, 0.5) is 5.69 Å². The third-order valence-corrected chi connectivity index (χ3v) is 3.02. The molecule has 0 radical (unpaired) electrons. The highest BCUT2D eigenvalue weighted by Gasteiger charge is 2.17. The van der Waals surface area contributed by atoms with Gasteiger partial charge in [0, 0.05) is 26.3 Å². The van der Waals surface area contributed by atoms with Crippen molar-refractivity contribution < 1.29 is 14.2 Å². The van der Waals surface area contributed by atoms with Crippen LogP contribution >= 0.6 is 0 Å². The Hall–Kier alpha value is -1.33. The second-order valence-electron chi connectivity index (χ2n) is 4.27. The monoisotopic (exact) mass is 252 g/mol. The summed E-state index contributed by atoms with van der Waals surface area (Å²) in [5.41, 5.74) is 2.05. The van der Waals surface area contributed by atoms with Crippen LogP contribution in [0.5, 0.6) is 5.88 Å². The van der Waals surface area contributed by atoms with Crippen LogP contribution in [0.1, 0.15) is 18.5 Å². The quantitative estimate of drug-likeness (QED) is 0.570. The lowest BCUT2D eigenvalue weighted by Gasteiger charge is -2.21. The summed E-state index contributed by atoms with van der Waals surface area (Å²) in [5.74, 6) is 0.619. The first-order chi connectivity index (χ1) is 8.85. The van der Waals surface area contributed by atoms with E-state index in [1.807, 2.05) is 6.07 Å². The fourth-order valence-corrected chi connectivity index (χ4v) is 2.16. The van der Waals surface area contributed by atoms with Crippen molar-refractivity contribution in [3.8, 4) is 5.88 Å². The standard InChI is InChI=1S/C13H20N2O3/c1-16-10-18-9-11-12(15-7-3-4-8-15)5-6-13(14-11)17-2/h5-6H,3-4,7-10H2,1-2H3. The lowest BCUT2D eigenvalue weighted by atomic mass is 10.2. The number of aromatic nitrogens is 1. The Balaban J connectivity index is 2.14. The summed E-state index contributed by atoms with van der Waals surface area (Å²) in [6, 6.07) is 3.95. The van der Waals surface area contributed by atoms with Gasteiger partial charge in [-0.3, -0.25) is 0 Å². The molecule has 2 rings (SSSR count). The third-order valence-electron chi connectivity index (χ3n) is 3.02. The van der Waals surface area contributed by atoms with E-state index in [1.54, 1.807) is 14.2 Å². The Labute approximate surface area is 108 Å². The Morgan fingerprint density at radius 2 is 2.00 bits per heavy atom. The number of hydrogen-bond acceptors (Lipinski definition) is 5. The molecule has 1 fully saturated rings. The second kappa shape index (κ2) is 6.56. The average molecular weight is 252 g/mol. The smallest absolute Gasteiger partial charge is 0.213 e. The zero-order chi connectivity index (χ0) is 12.8. The van der Waals surface area contributed by atoms with Crippen molar-refractivity contribution in [2.45, 2.75) is 19.4 Å². The van der Waals surface area contributed by atoms with Crippen LogP contribution in [-0.2, 0) is 16.1 Å². The highest BCUT2D eigenvalue weighted by molar-refractivity contribution is 5.52. The molecule has 2 heterocycles. The van der Waals surface area contributed by atoms with Gasteiger partial charge in [0.1, 0.15) is 6.79 Å². The maximum Gasteiger partial charge on any atom is 0.213 e. The Morgan fingerprint density at radius 1 is 1.22 bits per heavy atom. The molecule has 0 aliphatic carbocycles. The van der Waals surface area contributed by atoms with Crippen molar-refractivity contribution >= 4 is 5.69 Å². The molecule has 0 spiro atoms. The minimum Gasteiger partial charge on any atom is -0.481 e. The van der Waals surface area contributed by atoms with Gasteiger partial charge < -0.3 is 19.1 Å². The molecule has 5 nitrogen and oxygen atoms in total. The highest BCUT2D eigenvalue weighted by Crippen LogP contribution is 2.26. The van der Waals surface area contributed by atoms with Gasteiger partial charge in [0.25, 0.3) is 0 Å². The molecule has 1 saturated heterocycles. The maximum atomic E-state index is 5.40. The van der Waals surface area contributed by atoms with Crippen LogP contribution in [0.3, 0.4) is 0 Å². The minimum absolute atomic E-state index is 0.276. The van der Waals surface area contributed by atoms with Gasteiger partial charge >= 0.3 is 0 Å². The number of rotatable bonds is 6. The van der Waals surface area contributed by atoms with Crippen LogP contribution in [0.15, 0.2) is 12.1 Å². The Kier molecular flexibility index (Phi) is 4.78. The molecule has 1 aromatic heterocycles. The lowest BCUT2D eigenvalue weighted by molar-refractivity contribution is -0.0400. The van der Waals surface area contributed by atoms with Crippen molar-refractivity contribution in [1.82, 2.24) is 4.98 Å². The van der Waals surface area contributed by atoms with Crippen LogP contribution in [-0.4, -0.2) is 39.1 Å². The topological polar surface area (TPSA) is 43.8 Å². The molecule has 18 heavy (non-hydrogen) atoms. The molecule has 0 bridgehead atoms. The molecule has 0 N–H and O–H groups in total. The summed E-state index contributed by atoms with van der Waals surface area (Å²) in [6.07, 6.45) is 2.48. The molecule has 0 aromatic carbocycles. The van der Waals surface area contributed by atoms with Gasteiger partial charge in [-0.05, 0) is 18.9 Å². The van der Waals surface area contributed by atoms with Gasteiger partial charge in [0.15, 0.2) is 0 Å². The second-order valence-corrected chi connectivity index (χ2v) is 4.27. The highest BCUT2D eigenvalue weighted by atomic mass is 16.7. The van der Waals surface area contributed by atoms with E-state index in [4.69, 9.17) is 14.2 Å². The van der Waals surface area contributed by atoms with Crippen molar-refractivity contribution in [3.63, 3.8) is 0 Å². The number of anilines is 1. The number of nitrogens with zero attached hydrogens (tertiary/aromatic N) is 2. The molecule has 100 valence electrons. The van der Waals surface area contributed by atoms with Crippen molar-refractivity contribution in [2.24, 2.45) is 0 Å². The summed E-state index contributed by atoms with van der Waals surface area (Å²) in [7, 11) is 3.23. The lowest BCUT2D eigenvalue weighted by Crippen LogP contribution is -2.20. The maximum absolute atomic E-state index is 5.40. The normalized spacial score (nSPS) is 15.1. The average Bonchev–Trinajstić information content (AvgIpc) is 2.92. The molecular weight excluding hydrogens is 232 g/mol. The van der Waals surface area contributed by atoms with E-state index >= 15 is 0 Å². The molecule has 1 aliphatic rings. The zero-order valence-corrected chi connectivity index (χ0v) is 11.0. The van der Waals surface area contributed by atoms with Gasteiger partial charge in [0.2, 0.25) is 5.88 Å². The van der Waals surface area contributed by atoms with E-state index in [2.05, 4.69) is 16.0 Å². The first kappa shape index (κ1) is 13.1. The van der Waals surface area contributed by atoms with Crippen LogP contribution in [0.25, 0.3) is 0 Å². The third kappa shape index (κ3) is 3.11. The van der Waals surface area contributed by atoms with Crippen LogP contribution < -0.4 is 9.64 Å². The molecule has 0 saturated carbocycles. The predicted molar refractivity (Wildman–Crippen MR) is 68.9 cm³/mol. The largest absolute Gasteiger partial charge is 0.481 e. The zero-order valence-electron chi connectivity index (χ0n) is 11.0. The fourth-order valence-electron chi connectivity index (χ4n) is 2.16. The van der Waals surface area contributed by atoms with Gasteiger partial charge in [-0.25, -0.2) is 4.98 Å². The van der Waals surface area contributed by atoms with Gasteiger partial charge in [-0.2, -0.15) is 0 Å². The predicted octanol–water partition coefficient (Wildman–Crippen LogP) is 1.81. The number of methoxy groups -OCH3 is 2. The van der Waals surface area contributed by atoms with Gasteiger partial charge in [-0.15, -0.1) is 0 Å².